The van der Waals surface area contributed by atoms with Gasteiger partial charge in [-0.25, -0.2) is 9.97 Å². The van der Waals surface area contributed by atoms with Crippen molar-refractivity contribution in [2.24, 2.45) is 0 Å². The molecule has 2 aromatic rings. The number of carbonyl (C=O) groups excluding carboxylic acids is 1. The van der Waals surface area contributed by atoms with Gasteiger partial charge in [0.15, 0.2) is 0 Å². The summed E-state index contributed by atoms with van der Waals surface area (Å²) in [5.41, 5.74) is 3.59. The van der Waals surface area contributed by atoms with Crippen LogP contribution in [-0.2, 0) is 6.18 Å². The van der Waals surface area contributed by atoms with Gasteiger partial charge >= 0.3 is 6.18 Å². The summed E-state index contributed by atoms with van der Waals surface area (Å²) in [4.78, 5) is 22.3. The lowest BCUT2D eigenvalue weighted by Crippen LogP contribution is -2.44. The number of nitrogens with zero attached hydrogens (tertiary/aromatic N) is 3. The minimum Gasteiger partial charge on any atom is -0.383 e. The zero-order valence-electron chi connectivity index (χ0n) is 13.5. The van der Waals surface area contributed by atoms with E-state index in [0.29, 0.717) is 32.0 Å². The molecule has 138 valence electrons. The Kier molecular flexibility index (Phi) is 5.01. The molecule has 0 radical (unpaired) electrons. The highest BCUT2D eigenvalue weighted by atomic mass is 35.5. The van der Waals surface area contributed by atoms with Crippen molar-refractivity contribution in [2.75, 3.05) is 36.8 Å². The molecule has 3 rings (SSSR count). The first kappa shape index (κ1) is 18.4. The Bertz CT molecular complexity index is 837. The summed E-state index contributed by atoms with van der Waals surface area (Å²) in [6.45, 7) is 2.51. The van der Waals surface area contributed by atoms with Crippen LogP contribution < -0.4 is 16.0 Å². The molecule has 0 saturated carbocycles. The molecule has 0 amide bonds. The maximum Gasteiger partial charge on any atom is 0.418 e. The van der Waals surface area contributed by atoms with Gasteiger partial charge in [0.05, 0.1) is 16.1 Å². The number of carbonyl (C=O) groups is 1. The predicted octanol–water partition coefficient (Wildman–Crippen LogP) is 2.37. The fourth-order valence-electron chi connectivity index (χ4n) is 2.68. The first-order valence-corrected chi connectivity index (χ1v) is 8.15. The molecular weight excluding hydrogens is 371 g/mol. The molecule has 0 spiro atoms. The Balaban J connectivity index is 2.09. The number of anilines is 2. The summed E-state index contributed by atoms with van der Waals surface area (Å²) in [7, 11) is 0. The summed E-state index contributed by atoms with van der Waals surface area (Å²) in [6, 6.07) is 3.32. The lowest BCUT2D eigenvalue weighted by molar-refractivity contribution is -0.138. The third-order valence-electron chi connectivity index (χ3n) is 3.97. The summed E-state index contributed by atoms with van der Waals surface area (Å²) in [5.74, 6) is -0.875. The van der Waals surface area contributed by atoms with Crippen LogP contribution in [0.5, 0.6) is 0 Å². The highest BCUT2D eigenvalue weighted by Crippen LogP contribution is 2.34. The topological polar surface area (TPSA) is 84.1 Å². The van der Waals surface area contributed by atoms with Gasteiger partial charge in [-0.1, -0.05) is 11.6 Å². The van der Waals surface area contributed by atoms with Crippen LogP contribution in [0.1, 0.15) is 21.6 Å². The first-order valence-electron chi connectivity index (χ1n) is 7.77. The van der Waals surface area contributed by atoms with E-state index in [1.54, 1.807) is 0 Å². The van der Waals surface area contributed by atoms with Gasteiger partial charge in [-0.2, -0.15) is 13.2 Å². The van der Waals surface area contributed by atoms with Crippen LogP contribution in [-0.4, -0.2) is 41.9 Å². The molecule has 0 unspecified atom stereocenters. The summed E-state index contributed by atoms with van der Waals surface area (Å²) in [5, 5.41) is 3.23. The largest absolute Gasteiger partial charge is 0.418 e. The Morgan fingerprint density at radius 3 is 2.62 bits per heavy atom. The molecule has 10 heteroatoms. The van der Waals surface area contributed by atoms with E-state index in [2.05, 4.69) is 15.3 Å². The van der Waals surface area contributed by atoms with Crippen molar-refractivity contribution in [2.45, 2.75) is 6.18 Å². The number of aromatic nitrogens is 2. The minimum absolute atomic E-state index is 0.0920. The van der Waals surface area contributed by atoms with Crippen molar-refractivity contribution in [3.63, 3.8) is 0 Å². The molecular formula is C16H15ClF3N5O. The Morgan fingerprint density at radius 1 is 1.27 bits per heavy atom. The van der Waals surface area contributed by atoms with Crippen LogP contribution >= 0.6 is 11.6 Å². The molecule has 1 aliphatic rings. The van der Waals surface area contributed by atoms with Crippen molar-refractivity contribution in [3.8, 4) is 0 Å². The van der Waals surface area contributed by atoms with Crippen LogP contribution in [0.25, 0.3) is 0 Å². The van der Waals surface area contributed by atoms with Gasteiger partial charge in [0, 0.05) is 32.4 Å². The quantitative estimate of drug-likeness (QED) is 0.789. The van der Waals surface area contributed by atoms with E-state index >= 15 is 0 Å². The number of pyridine rings is 2. The molecule has 0 aromatic carbocycles. The average molecular weight is 386 g/mol. The number of nitrogens with two attached hydrogens (primary N) is 1. The summed E-state index contributed by atoms with van der Waals surface area (Å²) >= 11 is 5.80. The monoisotopic (exact) mass is 385 g/mol. The van der Waals surface area contributed by atoms with Gasteiger partial charge < -0.3 is 16.0 Å². The summed E-state index contributed by atoms with van der Waals surface area (Å²) < 4.78 is 40.2. The van der Waals surface area contributed by atoms with Crippen LogP contribution in [0, 0.1) is 0 Å². The van der Waals surface area contributed by atoms with E-state index in [1.807, 2.05) is 4.90 Å². The second-order valence-electron chi connectivity index (χ2n) is 5.72. The molecule has 0 atom stereocenters. The Labute approximate surface area is 152 Å². The lowest BCUT2D eigenvalue weighted by atomic mass is 10.0. The van der Waals surface area contributed by atoms with Gasteiger partial charge in [0.1, 0.15) is 17.3 Å². The van der Waals surface area contributed by atoms with E-state index in [-0.39, 0.29) is 16.4 Å². The number of hydrogen-bond acceptors (Lipinski definition) is 6. The van der Waals surface area contributed by atoms with Gasteiger partial charge in [0.2, 0.25) is 5.78 Å². The number of hydrogen-bond donors (Lipinski definition) is 2. The molecule has 3 heterocycles. The van der Waals surface area contributed by atoms with Gasteiger partial charge in [-0.15, -0.1) is 0 Å². The summed E-state index contributed by atoms with van der Waals surface area (Å²) in [6.07, 6.45) is -3.52. The zero-order valence-corrected chi connectivity index (χ0v) is 14.2. The van der Waals surface area contributed by atoms with Gasteiger partial charge in [-0.3, -0.25) is 4.79 Å². The molecule has 26 heavy (non-hydrogen) atoms. The van der Waals surface area contributed by atoms with Crippen molar-refractivity contribution < 1.29 is 18.0 Å². The average Bonchev–Trinajstić information content (AvgIpc) is 2.62. The Morgan fingerprint density at radius 2 is 1.96 bits per heavy atom. The smallest absolute Gasteiger partial charge is 0.383 e. The molecule has 0 aliphatic carbocycles. The normalized spacial score (nSPS) is 15.2. The van der Waals surface area contributed by atoms with E-state index in [4.69, 9.17) is 17.3 Å². The van der Waals surface area contributed by atoms with Crippen molar-refractivity contribution >= 4 is 29.0 Å². The molecule has 1 fully saturated rings. The molecule has 0 bridgehead atoms. The van der Waals surface area contributed by atoms with E-state index in [9.17, 15) is 18.0 Å². The molecule has 2 aromatic heterocycles. The third-order valence-corrected chi connectivity index (χ3v) is 4.18. The predicted molar refractivity (Wildman–Crippen MR) is 91.4 cm³/mol. The number of nitrogen functional groups attached to an aromatic ring is 1. The fraction of sp³-hybridized carbons (Fsp3) is 0.312. The number of piperazine rings is 1. The zero-order chi connectivity index (χ0) is 18.9. The SMILES string of the molecule is Nc1ncc(Cl)cc1C(=O)c1nc(N2CCNCC2)ccc1C(F)(F)F. The van der Waals surface area contributed by atoms with E-state index in [1.165, 1.54) is 18.3 Å². The number of alkyl halides is 3. The second kappa shape index (κ2) is 7.08. The molecule has 6 nitrogen and oxygen atoms in total. The van der Waals surface area contributed by atoms with Crippen molar-refractivity contribution in [1.29, 1.82) is 0 Å². The highest BCUT2D eigenvalue weighted by Gasteiger charge is 2.37. The maximum atomic E-state index is 13.4. The van der Waals surface area contributed by atoms with E-state index < -0.39 is 23.2 Å². The third kappa shape index (κ3) is 3.73. The van der Waals surface area contributed by atoms with Crippen LogP contribution in [0.15, 0.2) is 24.4 Å². The Hall–Kier alpha value is -2.39. The highest BCUT2D eigenvalue weighted by molar-refractivity contribution is 6.31. The van der Waals surface area contributed by atoms with Crippen LogP contribution in [0.2, 0.25) is 5.02 Å². The van der Waals surface area contributed by atoms with Gasteiger partial charge in [0.25, 0.3) is 0 Å². The minimum atomic E-state index is -4.74. The van der Waals surface area contributed by atoms with Crippen molar-refractivity contribution in [3.05, 3.63) is 46.2 Å². The molecule has 1 aliphatic heterocycles. The maximum absolute atomic E-state index is 13.4. The molecule has 3 N–H and O–H groups in total. The van der Waals surface area contributed by atoms with E-state index in [0.717, 1.165) is 6.07 Å². The lowest BCUT2D eigenvalue weighted by Gasteiger charge is -2.29. The second-order valence-corrected chi connectivity index (χ2v) is 6.15. The van der Waals surface area contributed by atoms with Crippen LogP contribution in [0.4, 0.5) is 24.8 Å². The first-order chi connectivity index (χ1) is 12.3. The molecule has 1 saturated heterocycles. The number of nitrogens with one attached hydrogen (secondary N) is 1. The van der Waals surface area contributed by atoms with Crippen molar-refractivity contribution in [1.82, 2.24) is 15.3 Å². The number of halogens is 4. The number of ketones is 1. The fourth-order valence-corrected chi connectivity index (χ4v) is 2.84. The van der Waals surface area contributed by atoms with Gasteiger partial charge in [-0.05, 0) is 18.2 Å². The van der Waals surface area contributed by atoms with Crippen LogP contribution in [0.3, 0.4) is 0 Å². The number of rotatable bonds is 3. The standard InChI is InChI=1S/C16H15ClF3N5O/c17-9-7-10(15(21)23-8-9)14(26)13-11(16(18,19)20)1-2-12(24-13)25-5-3-22-4-6-25/h1-2,7-8,22H,3-6H2,(H2,21,23).